The van der Waals surface area contributed by atoms with Gasteiger partial charge in [0, 0.05) is 19.4 Å². The maximum absolute atomic E-state index is 13.3. The largest absolute Gasteiger partial charge is 0.352 e. The molecule has 8 heteroatoms. The topological polar surface area (TPSA) is 81.3 Å². The van der Waals surface area contributed by atoms with Gasteiger partial charge in [0.1, 0.15) is 11.6 Å². The quantitative estimate of drug-likeness (QED) is 0.407. The van der Waals surface area contributed by atoms with E-state index in [2.05, 4.69) is 15.5 Å². The zero-order valence-corrected chi connectivity index (χ0v) is 18.3. The Morgan fingerprint density at radius 2 is 1.62 bits per heavy atom. The van der Waals surface area contributed by atoms with Gasteiger partial charge in [0.15, 0.2) is 0 Å². The van der Waals surface area contributed by atoms with Crippen molar-refractivity contribution in [2.24, 2.45) is 0 Å². The highest BCUT2D eigenvalue weighted by atomic mass is 19.1. The smallest absolute Gasteiger partial charge is 0.263 e. The Labute approximate surface area is 194 Å². The first-order valence-corrected chi connectivity index (χ1v) is 11.0. The summed E-state index contributed by atoms with van der Waals surface area (Å²) in [6, 6.07) is 23.1. The van der Waals surface area contributed by atoms with E-state index in [1.54, 1.807) is 22.8 Å². The van der Waals surface area contributed by atoms with Crippen molar-refractivity contribution in [3.63, 3.8) is 0 Å². The van der Waals surface area contributed by atoms with E-state index in [0.29, 0.717) is 42.0 Å². The lowest BCUT2D eigenvalue weighted by Gasteiger charge is -2.11. The molecule has 170 valence electrons. The second-order valence-electron chi connectivity index (χ2n) is 8.05. The molecule has 7 nitrogen and oxygen atoms in total. The second-order valence-corrected chi connectivity index (χ2v) is 8.05. The highest BCUT2D eigenvalue weighted by Crippen LogP contribution is 2.16. The zero-order chi connectivity index (χ0) is 23.5. The molecule has 34 heavy (non-hydrogen) atoms. The summed E-state index contributed by atoms with van der Waals surface area (Å²) in [5.41, 5.74) is 2.37. The maximum atomic E-state index is 13.3. The lowest BCUT2D eigenvalue weighted by Crippen LogP contribution is -2.25. The van der Waals surface area contributed by atoms with Crippen molar-refractivity contribution in [2.75, 3.05) is 0 Å². The SMILES string of the molecule is O=C(CCc1nnc2n(Cc3ccccc3)c(=O)c3ccccc3n12)NCc1ccc(F)cc1. The Bertz CT molecular complexity index is 1520. The number of hydrogen-bond donors (Lipinski definition) is 1. The molecule has 2 aromatic heterocycles. The molecule has 0 spiro atoms. The highest BCUT2D eigenvalue weighted by Gasteiger charge is 2.17. The van der Waals surface area contributed by atoms with Crippen molar-refractivity contribution >= 4 is 22.6 Å². The number of nitrogens with one attached hydrogen (secondary N) is 1. The molecule has 1 amide bonds. The molecule has 0 unspecified atom stereocenters. The number of carbonyl (C=O) groups excluding carboxylic acids is 1. The van der Waals surface area contributed by atoms with Crippen LogP contribution in [-0.2, 0) is 24.3 Å². The minimum absolute atomic E-state index is 0.136. The maximum Gasteiger partial charge on any atom is 0.263 e. The number of aromatic nitrogens is 4. The van der Waals surface area contributed by atoms with Crippen LogP contribution in [-0.4, -0.2) is 25.1 Å². The second kappa shape index (κ2) is 9.27. The first-order valence-electron chi connectivity index (χ1n) is 11.0. The molecular formula is C26H22FN5O2. The molecule has 0 aliphatic heterocycles. The molecule has 3 aromatic carbocycles. The Morgan fingerprint density at radius 1 is 0.882 bits per heavy atom. The van der Waals surface area contributed by atoms with E-state index in [-0.39, 0.29) is 23.7 Å². The molecule has 5 aromatic rings. The first kappa shape index (κ1) is 21.5. The van der Waals surface area contributed by atoms with E-state index in [1.165, 1.54) is 12.1 Å². The van der Waals surface area contributed by atoms with Crippen molar-refractivity contribution in [3.05, 3.63) is 112 Å². The lowest BCUT2D eigenvalue weighted by atomic mass is 10.2. The molecular weight excluding hydrogens is 433 g/mol. The lowest BCUT2D eigenvalue weighted by molar-refractivity contribution is -0.121. The summed E-state index contributed by atoms with van der Waals surface area (Å²) in [5.74, 6) is 0.578. The van der Waals surface area contributed by atoms with E-state index in [4.69, 9.17) is 0 Å². The normalized spacial score (nSPS) is 11.2. The van der Waals surface area contributed by atoms with Gasteiger partial charge in [-0.1, -0.05) is 54.6 Å². The van der Waals surface area contributed by atoms with Crippen molar-refractivity contribution in [2.45, 2.75) is 25.9 Å². The van der Waals surface area contributed by atoms with Crippen LogP contribution in [0.2, 0.25) is 0 Å². The monoisotopic (exact) mass is 455 g/mol. The van der Waals surface area contributed by atoms with Crippen molar-refractivity contribution in [1.82, 2.24) is 24.5 Å². The summed E-state index contributed by atoms with van der Waals surface area (Å²) in [4.78, 5) is 25.7. The van der Waals surface area contributed by atoms with Crippen LogP contribution in [0.15, 0.2) is 83.7 Å². The van der Waals surface area contributed by atoms with Gasteiger partial charge in [-0.3, -0.25) is 18.6 Å². The number of carbonyl (C=O) groups is 1. The highest BCUT2D eigenvalue weighted by molar-refractivity contribution is 5.80. The Kier molecular flexibility index (Phi) is 5.86. The zero-order valence-electron chi connectivity index (χ0n) is 18.3. The fourth-order valence-corrected chi connectivity index (χ4v) is 4.00. The van der Waals surface area contributed by atoms with Gasteiger partial charge in [0.2, 0.25) is 11.7 Å². The standard InChI is InChI=1S/C26H22FN5O2/c27-20-12-10-18(11-13-20)16-28-24(33)15-14-23-29-30-26-31(17-19-6-2-1-3-7-19)25(34)21-8-4-5-9-22(21)32(23)26/h1-13H,14-17H2,(H,28,33). The number of para-hydroxylation sites is 1. The summed E-state index contributed by atoms with van der Waals surface area (Å²) < 4.78 is 16.5. The minimum atomic E-state index is -0.313. The summed E-state index contributed by atoms with van der Waals surface area (Å²) in [6.45, 7) is 0.684. The minimum Gasteiger partial charge on any atom is -0.352 e. The van der Waals surface area contributed by atoms with Gasteiger partial charge in [0.05, 0.1) is 17.4 Å². The van der Waals surface area contributed by atoms with Crippen molar-refractivity contribution < 1.29 is 9.18 Å². The summed E-state index contributed by atoms with van der Waals surface area (Å²) in [7, 11) is 0. The van der Waals surface area contributed by atoms with Gasteiger partial charge < -0.3 is 5.32 Å². The molecule has 1 N–H and O–H groups in total. The Hall–Kier alpha value is -4.33. The van der Waals surface area contributed by atoms with Gasteiger partial charge >= 0.3 is 0 Å². The average molecular weight is 455 g/mol. The third-order valence-corrected chi connectivity index (χ3v) is 5.74. The first-order chi connectivity index (χ1) is 16.6. The predicted octanol–water partition coefficient (Wildman–Crippen LogP) is 3.48. The number of amides is 1. The summed E-state index contributed by atoms with van der Waals surface area (Å²) >= 11 is 0. The predicted molar refractivity (Wildman–Crippen MR) is 127 cm³/mol. The van der Waals surface area contributed by atoms with Crippen LogP contribution in [0, 0.1) is 5.82 Å². The molecule has 0 saturated carbocycles. The number of fused-ring (bicyclic) bond motifs is 3. The van der Waals surface area contributed by atoms with E-state index < -0.39 is 0 Å². The van der Waals surface area contributed by atoms with E-state index in [9.17, 15) is 14.0 Å². The molecule has 0 fully saturated rings. The summed E-state index contributed by atoms with van der Waals surface area (Å²) in [6.07, 6.45) is 0.554. The average Bonchev–Trinajstić information content (AvgIpc) is 3.29. The van der Waals surface area contributed by atoms with Crippen LogP contribution in [0.5, 0.6) is 0 Å². The third-order valence-electron chi connectivity index (χ3n) is 5.74. The van der Waals surface area contributed by atoms with E-state index >= 15 is 0 Å². The molecule has 0 saturated heterocycles. The van der Waals surface area contributed by atoms with Crippen molar-refractivity contribution in [3.8, 4) is 0 Å². The Morgan fingerprint density at radius 3 is 2.41 bits per heavy atom. The number of rotatable bonds is 7. The molecule has 0 aliphatic carbocycles. The van der Waals surface area contributed by atoms with Gasteiger partial charge in [-0.05, 0) is 35.4 Å². The van der Waals surface area contributed by atoms with Crippen LogP contribution >= 0.6 is 0 Å². The molecule has 0 aliphatic rings. The number of nitrogens with zero attached hydrogens (tertiary/aromatic N) is 4. The van der Waals surface area contributed by atoms with E-state index in [1.807, 2.05) is 52.9 Å². The molecule has 0 radical (unpaired) electrons. The van der Waals surface area contributed by atoms with Crippen LogP contribution in [0.25, 0.3) is 16.7 Å². The van der Waals surface area contributed by atoms with Crippen LogP contribution in [0.4, 0.5) is 4.39 Å². The third kappa shape index (κ3) is 4.30. The Balaban J connectivity index is 1.42. The van der Waals surface area contributed by atoms with Crippen LogP contribution in [0.3, 0.4) is 0 Å². The van der Waals surface area contributed by atoms with Crippen LogP contribution in [0.1, 0.15) is 23.4 Å². The van der Waals surface area contributed by atoms with Crippen LogP contribution < -0.4 is 10.9 Å². The molecule has 5 rings (SSSR count). The van der Waals surface area contributed by atoms with Gasteiger partial charge in [-0.25, -0.2) is 4.39 Å². The molecule has 0 atom stereocenters. The molecule has 0 bridgehead atoms. The van der Waals surface area contributed by atoms with Gasteiger partial charge in [-0.15, -0.1) is 10.2 Å². The fraction of sp³-hybridized carbons (Fsp3) is 0.154. The number of benzene rings is 3. The van der Waals surface area contributed by atoms with Gasteiger partial charge in [-0.2, -0.15) is 0 Å². The number of halogens is 1. The van der Waals surface area contributed by atoms with Gasteiger partial charge in [0.25, 0.3) is 5.56 Å². The van der Waals surface area contributed by atoms with Crippen molar-refractivity contribution in [1.29, 1.82) is 0 Å². The van der Waals surface area contributed by atoms with E-state index in [0.717, 1.165) is 11.1 Å². The summed E-state index contributed by atoms with van der Waals surface area (Å²) in [5, 5.41) is 12.0. The molecule has 2 heterocycles. The fourth-order valence-electron chi connectivity index (χ4n) is 4.00. The number of hydrogen-bond acceptors (Lipinski definition) is 4. The number of aryl methyl sites for hydroxylation is 1.